The normalized spacial score (nSPS) is 10.7. The van der Waals surface area contributed by atoms with Gasteiger partial charge in [-0.25, -0.2) is 9.97 Å². The van der Waals surface area contributed by atoms with Crippen LogP contribution in [0.25, 0.3) is 11.0 Å². The fraction of sp³-hybridized carbons (Fsp3) is 0.143. The third-order valence-corrected chi connectivity index (χ3v) is 3.11. The predicted octanol–water partition coefficient (Wildman–Crippen LogP) is 2.46. The molecule has 0 amide bonds. The minimum Gasteiger partial charge on any atom is -0.471 e. The first-order valence-electron chi connectivity index (χ1n) is 6.27. The maximum atomic E-state index is 10.7. The number of fused-ring (bicyclic) bond motifs is 1. The maximum Gasteiger partial charge on any atom is 0.269 e. The minimum absolute atomic E-state index is 0.0418. The van der Waals surface area contributed by atoms with E-state index in [1.54, 1.807) is 24.7 Å². The Labute approximate surface area is 120 Å². The Kier molecular flexibility index (Phi) is 3.23. The van der Waals surface area contributed by atoms with E-state index in [4.69, 9.17) is 4.74 Å². The van der Waals surface area contributed by atoms with E-state index < -0.39 is 4.92 Å². The molecule has 1 aromatic carbocycles. The molecule has 7 heteroatoms. The summed E-state index contributed by atoms with van der Waals surface area (Å²) in [6.45, 7) is 0.199. The average Bonchev–Trinajstić information content (AvgIpc) is 2.88. The summed E-state index contributed by atoms with van der Waals surface area (Å²) in [4.78, 5) is 18.7. The molecular weight excluding hydrogens is 272 g/mol. The second-order valence-corrected chi connectivity index (χ2v) is 4.55. The first-order valence-corrected chi connectivity index (χ1v) is 6.27. The molecule has 0 saturated heterocycles. The zero-order valence-corrected chi connectivity index (χ0v) is 11.3. The minimum atomic E-state index is -0.429. The van der Waals surface area contributed by atoms with Gasteiger partial charge in [0.1, 0.15) is 6.61 Å². The number of rotatable bonds is 4. The van der Waals surface area contributed by atoms with Gasteiger partial charge in [-0.1, -0.05) is 12.1 Å². The number of hydrogen-bond donors (Lipinski definition) is 0. The zero-order valence-electron chi connectivity index (χ0n) is 11.3. The van der Waals surface area contributed by atoms with E-state index >= 15 is 0 Å². The van der Waals surface area contributed by atoms with Gasteiger partial charge in [0.15, 0.2) is 5.52 Å². The first kappa shape index (κ1) is 13.0. The van der Waals surface area contributed by atoms with Crippen molar-refractivity contribution in [3.63, 3.8) is 0 Å². The van der Waals surface area contributed by atoms with E-state index in [2.05, 4.69) is 9.97 Å². The maximum absolute atomic E-state index is 10.7. The smallest absolute Gasteiger partial charge is 0.269 e. The third-order valence-electron chi connectivity index (χ3n) is 3.11. The number of nitro groups is 1. The Hall–Kier alpha value is -2.96. The number of benzene rings is 1. The van der Waals surface area contributed by atoms with Crippen molar-refractivity contribution in [3.05, 3.63) is 58.5 Å². The highest BCUT2D eigenvalue weighted by atomic mass is 16.6. The summed E-state index contributed by atoms with van der Waals surface area (Å²) in [6, 6.07) is 8.18. The molecule has 0 spiro atoms. The topological polar surface area (TPSA) is 83.1 Å². The van der Waals surface area contributed by atoms with Crippen LogP contribution in [0.2, 0.25) is 0 Å². The summed E-state index contributed by atoms with van der Waals surface area (Å²) in [5, 5.41) is 10.7. The number of pyridine rings is 1. The molecule has 0 bridgehead atoms. The molecule has 2 aromatic heterocycles. The third kappa shape index (κ3) is 2.53. The lowest BCUT2D eigenvalue weighted by Gasteiger charge is -2.06. The highest BCUT2D eigenvalue weighted by molar-refractivity contribution is 5.79. The summed E-state index contributed by atoms with van der Waals surface area (Å²) in [6.07, 6.45) is 3.33. The SMILES string of the molecule is Cn1cnc2c(OCc3cccc([N+](=O)[O-])c3)nccc21. The molecule has 0 fully saturated rings. The molecule has 0 unspecified atom stereocenters. The fourth-order valence-electron chi connectivity index (χ4n) is 2.05. The van der Waals surface area contributed by atoms with Gasteiger partial charge in [-0.3, -0.25) is 10.1 Å². The van der Waals surface area contributed by atoms with E-state index in [0.717, 1.165) is 5.52 Å². The molecule has 3 aromatic rings. The number of aromatic nitrogens is 3. The molecule has 0 aliphatic rings. The average molecular weight is 284 g/mol. The Balaban J connectivity index is 1.83. The van der Waals surface area contributed by atoms with Crippen LogP contribution < -0.4 is 4.74 Å². The summed E-state index contributed by atoms with van der Waals surface area (Å²) < 4.78 is 7.52. The molecule has 0 aliphatic carbocycles. The molecule has 0 saturated carbocycles. The van der Waals surface area contributed by atoms with Gasteiger partial charge in [-0.05, 0) is 11.6 Å². The molecule has 0 N–H and O–H groups in total. The molecular formula is C14H12N4O3. The van der Waals surface area contributed by atoms with Gasteiger partial charge in [-0.15, -0.1) is 0 Å². The number of aryl methyl sites for hydroxylation is 1. The van der Waals surface area contributed by atoms with Crippen LogP contribution in [0, 0.1) is 10.1 Å². The molecule has 2 heterocycles. The summed E-state index contributed by atoms with van der Waals surface area (Å²) >= 11 is 0. The number of non-ortho nitro benzene ring substituents is 1. The first-order chi connectivity index (χ1) is 10.1. The van der Waals surface area contributed by atoms with Crippen LogP contribution in [0.4, 0.5) is 5.69 Å². The Morgan fingerprint density at radius 1 is 1.33 bits per heavy atom. The highest BCUT2D eigenvalue weighted by Gasteiger charge is 2.10. The number of ether oxygens (including phenoxy) is 1. The molecule has 0 radical (unpaired) electrons. The quantitative estimate of drug-likeness (QED) is 0.543. The van der Waals surface area contributed by atoms with Crippen LogP contribution in [-0.4, -0.2) is 19.5 Å². The Bertz CT molecular complexity index is 813. The van der Waals surface area contributed by atoms with E-state index in [1.807, 2.05) is 17.7 Å². The van der Waals surface area contributed by atoms with Crippen molar-refractivity contribution in [2.75, 3.05) is 0 Å². The number of nitro benzene ring substituents is 1. The van der Waals surface area contributed by atoms with Gasteiger partial charge < -0.3 is 9.30 Å². The van der Waals surface area contributed by atoms with Gasteiger partial charge in [0.05, 0.1) is 16.8 Å². The molecule has 0 aliphatic heterocycles. The fourth-order valence-corrected chi connectivity index (χ4v) is 2.05. The lowest BCUT2D eigenvalue weighted by atomic mass is 10.2. The van der Waals surface area contributed by atoms with Crippen LogP contribution in [0.15, 0.2) is 42.9 Å². The van der Waals surface area contributed by atoms with Crippen molar-refractivity contribution in [1.29, 1.82) is 0 Å². The summed E-state index contributed by atoms with van der Waals surface area (Å²) in [5.74, 6) is 0.416. The Morgan fingerprint density at radius 2 is 2.19 bits per heavy atom. The number of hydrogen-bond acceptors (Lipinski definition) is 5. The monoisotopic (exact) mass is 284 g/mol. The largest absolute Gasteiger partial charge is 0.471 e. The van der Waals surface area contributed by atoms with E-state index in [-0.39, 0.29) is 12.3 Å². The standard InChI is InChI=1S/C14H12N4O3/c1-17-9-16-13-12(17)5-6-15-14(13)21-8-10-3-2-4-11(7-10)18(19)20/h2-7,9H,8H2,1H3. The van der Waals surface area contributed by atoms with Gasteiger partial charge in [-0.2, -0.15) is 0 Å². The molecule has 106 valence electrons. The van der Waals surface area contributed by atoms with E-state index in [0.29, 0.717) is 17.0 Å². The van der Waals surface area contributed by atoms with Crippen LogP contribution in [-0.2, 0) is 13.7 Å². The summed E-state index contributed by atoms with van der Waals surface area (Å²) in [5.41, 5.74) is 2.34. The van der Waals surface area contributed by atoms with E-state index in [9.17, 15) is 10.1 Å². The molecule has 3 rings (SSSR count). The Morgan fingerprint density at radius 3 is 3.00 bits per heavy atom. The van der Waals surface area contributed by atoms with Crippen molar-refractivity contribution < 1.29 is 9.66 Å². The second kappa shape index (κ2) is 5.20. The lowest BCUT2D eigenvalue weighted by molar-refractivity contribution is -0.384. The van der Waals surface area contributed by atoms with Crippen LogP contribution in [0.5, 0.6) is 5.88 Å². The van der Waals surface area contributed by atoms with Gasteiger partial charge in [0, 0.05) is 25.4 Å². The van der Waals surface area contributed by atoms with Crippen LogP contribution in [0.3, 0.4) is 0 Å². The van der Waals surface area contributed by atoms with Crippen molar-refractivity contribution in [2.24, 2.45) is 7.05 Å². The van der Waals surface area contributed by atoms with Crippen molar-refractivity contribution >= 4 is 16.7 Å². The van der Waals surface area contributed by atoms with Gasteiger partial charge >= 0.3 is 0 Å². The van der Waals surface area contributed by atoms with Crippen LogP contribution >= 0.6 is 0 Å². The second-order valence-electron chi connectivity index (χ2n) is 4.55. The van der Waals surface area contributed by atoms with Crippen molar-refractivity contribution in [3.8, 4) is 5.88 Å². The number of imidazole rings is 1. The molecule has 0 atom stereocenters. The molecule has 21 heavy (non-hydrogen) atoms. The van der Waals surface area contributed by atoms with Crippen LogP contribution in [0.1, 0.15) is 5.56 Å². The highest BCUT2D eigenvalue weighted by Crippen LogP contribution is 2.22. The zero-order chi connectivity index (χ0) is 14.8. The van der Waals surface area contributed by atoms with Gasteiger partial charge in [0.2, 0.25) is 5.88 Å². The van der Waals surface area contributed by atoms with E-state index in [1.165, 1.54) is 12.1 Å². The van der Waals surface area contributed by atoms with Crippen molar-refractivity contribution in [1.82, 2.24) is 14.5 Å². The summed E-state index contributed by atoms with van der Waals surface area (Å²) in [7, 11) is 1.89. The lowest BCUT2D eigenvalue weighted by Crippen LogP contribution is -1.99. The number of nitrogens with zero attached hydrogens (tertiary/aromatic N) is 4. The predicted molar refractivity (Wildman–Crippen MR) is 75.9 cm³/mol. The van der Waals surface area contributed by atoms with Gasteiger partial charge in [0.25, 0.3) is 5.69 Å². The molecule has 7 nitrogen and oxygen atoms in total. The van der Waals surface area contributed by atoms with Crippen molar-refractivity contribution in [2.45, 2.75) is 6.61 Å².